The molecule has 3 atom stereocenters. The predicted octanol–water partition coefficient (Wildman–Crippen LogP) is 3.62. The standard InChI is InChI=1S/C18H17F6N5O.ClH/c1-8-12(19)3-13(29-8)16(30)26-5-10-2-9(4-25-14(10)15(20)21)11-6-27-17(28-7-11)18(22,23)24;/h2,4,6-8,12-13,15,29H,3,5H2,1H3,(H,26,30);1H/t8-,12-,13-;/m1./s1. The van der Waals surface area contributed by atoms with Crippen LogP contribution in [0.25, 0.3) is 11.1 Å². The molecule has 2 aromatic heterocycles. The molecule has 6 nitrogen and oxygen atoms in total. The number of hydrogen-bond donors (Lipinski definition) is 2. The molecule has 1 aliphatic rings. The molecule has 3 rings (SSSR count). The average Bonchev–Trinajstić information content (AvgIpc) is 3.04. The molecule has 1 amide bonds. The van der Waals surface area contributed by atoms with Gasteiger partial charge in [0.15, 0.2) is 0 Å². The van der Waals surface area contributed by atoms with Crippen LogP contribution in [0.5, 0.6) is 0 Å². The maximum Gasteiger partial charge on any atom is 0.451 e. The zero-order chi connectivity index (χ0) is 22.1. The smallest absolute Gasteiger partial charge is 0.351 e. The van der Waals surface area contributed by atoms with Crippen LogP contribution in [0.3, 0.4) is 0 Å². The second-order valence-corrected chi connectivity index (χ2v) is 6.84. The lowest BCUT2D eigenvalue weighted by Crippen LogP contribution is -2.42. The topological polar surface area (TPSA) is 79.8 Å². The quantitative estimate of drug-likeness (QED) is 0.654. The fraction of sp³-hybridized carbons (Fsp3) is 0.444. The third-order valence-electron chi connectivity index (χ3n) is 4.68. The summed E-state index contributed by atoms with van der Waals surface area (Å²) in [5.41, 5.74) is -0.272. The largest absolute Gasteiger partial charge is 0.451 e. The van der Waals surface area contributed by atoms with Gasteiger partial charge in [0, 0.05) is 48.7 Å². The third-order valence-corrected chi connectivity index (χ3v) is 4.68. The van der Waals surface area contributed by atoms with Crippen LogP contribution >= 0.6 is 12.4 Å². The highest BCUT2D eigenvalue weighted by Gasteiger charge is 2.35. The van der Waals surface area contributed by atoms with Crippen molar-refractivity contribution in [1.82, 2.24) is 25.6 Å². The molecule has 0 aromatic carbocycles. The Morgan fingerprint density at radius 3 is 2.32 bits per heavy atom. The van der Waals surface area contributed by atoms with Gasteiger partial charge in [-0.2, -0.15) is 13.2 Å². The van der Waals surface area contributed by atoms with Crippen molar-refractivity contribution < 1.29 is 31.1 Å². The minimum Gasteiger partial charge on any atom is -0.351 e. The molecule has 0 aliphatic carbocycles. The summed E-state index contributed by atoms with van der Waals surface area (Å²) in [6, 6.07) is -0.0184. The van der Waals surface area contributed by atoms with E-state index >= 15 is 0 Å². The van der Waals surface area contributed by atoms with Gasteiger partial charge in [-0.05, 0) is 18.6 Å². The maximum atomic E-state index is 13.6. The van der Waals surface area contributed by atoms with Crippen molar-refractivity contribution in [3.63, 3.8) is 0 Å². The van der Waals surface area contributed by atoms with Crippen LogP contribution in [0, 0.1) is 0 Å². The first-order valence-corrected chi connectivity index (χ1v) is 8.90. The molecule has 31 heavy (non-hydrogen) atoms. The van der Waals surface area contributed by atoms with Gasteiger partial charge in [0.1, 0.15) is 11.9 Å². The molecule has 1 saturated heterocycles. The number of hydrogen-bond acceptors (Lipinski definition) is 5. The van der Waals surface area contributed by atoms with E-state index < -0.39 is 48.3 Å². The number of nitrogens with zero attached hydrogens (tertiary/aromatic N) is 3. The number of nitrogens with one attached hydrogen (secondary N) is 2. The molecule has 0 saturated carbocycles. The number of carbonyl (C=O) groups is 1. The van der Waals surface area contributed by atoms with E-state index in [9.17, 15) is 31.1 Å². The van der Waals surface area contributed by atoms with Crippen molar-refractivity contribution in [1.29, 1.82) is 0 Å². The number of amides is 1. The first kappa shape index (κ1) is 24.8. The van der Waals surface area contributed by atoms with Crippen LogP contribution in [-0.2, 0) is 17.5 Å². The van der Waals surface area contributed by atoms with E-state index in [-0.39, 0.29) is 42.1 Å². The number of carbonyl (C=O) groups excluding carboxylic acids is 1. The molecule has 3 heterocycles. The normalized spacial score (nSPS) is 21.1. The number of aromatic nitrogens is 3. The van der Waals surface area contributed by atoms with Gasteiger partial charge < -0.3 is 10.6 Å². The second kappa shape index (κ2) is 9.77. The van der Waals surface area contributed by atoms with Crippen LogP contribution in [0.15, 0.2) is 24.7 Å². The molecule has 0 bridgehead atoms. The maximum absolute atomic E-state index is 13.6. The summed E-state index contributed by atoms with van der Waals surface area (Å²) in [5.74, 6) is -1.88. The summed E-state index contributed by atoms with van der Waals surface area (Å²) in [6.45, 7) is 1.27. The van der Waals surface area contributed by atoms with Gasteiger partial charge in [0.25, 0.3) is 6.43 Å². The number of halogens is 7. The predicted molar refractivity (Wildman–Crippen MR) is 100 cm³/mol. The molecule has 1 aliphatic heterocycles. The van der Waals surface area contributed by atoms with Gasteiger partial charge in [-0.25, -0.2) is 23.1 Å². The molecule has 2 aromatic rings. The Bertz CT molecular complexity index is 901. The van der Waals surface area contributed by atoms with Crippen molar-refractivity contribution in [3.05, 3.63) is 41.7 Å². The van der Waals surface area contributed by atoms with Gasteiger partial charge in [-0.3, -0.25) is 9.78 Å². The van der Waals surface area contributed by atoms with Crippen molar-refractivity contribution in [3.8, 4) is 11.1 Å². The molecule has 2 N–H and O–H groups in total. The summed E-state index contributed by atoms with van der Waals surface area (Å²) >= 11 is 0. The molecular formula is C18H18ClF6N5O. The van der Waals surface area contributed by atoms with Crippen molar-refractivity contribution in [2.45, 2.75) is 50.7 Å². The van der Waals surface area contributed by atoms with Gasteiger partial charge >= 0.3 is 6.18 Å². The van der Waals surface area contributed by atoms with Gasteiger partial charge in [-0.15, -0.1) is 12.4 Å². The SMILES string of the molecule is C[C@H]1N[C@@H](C(=O)NCc2cc(-c3cnc(C(F)(F)F)nc3)cnc2C(F)F)C[C@H]1F.Cl. The summed E-state index contributed by atoms with van der Waals surface area (Å²) in [5, 5.41) is 5.24. The van der Waals surface area contributed by atoms with Crippen molar-refractivity contribution >= 4 is 18.3 Å². The highest BCUT2D eigenvalue weighted by atomic mass is 35.5. The number of pyridine rings is 1. The fourth-order valence-electron chi connectivity index (χ4n) is 3.05. The van der Waals surface area contributed by atoms with E-state index in [1.54, 1.807) is 6.92 Å². The van der Waals surface area contributed by atoms with E-state index in [0.717, 1.165) is 18.6 Å². The number of alkyl halides is 6. The highest BCUT2D eigenvalue weighted by molar-refractivity contribution is 5.85. The minimum absolute atomic E-state index is 0. The Labute approximate surface area is 179 Å². The van der Waals surface area contributed by atoms with Crippen LogP contribution in [0.2, 0.25) is 0 Å². The van der Waals surface area contributed by atoms with Crippen molar-refractivity contribution in [2.24, 2.45) is 0 Å². The zero-order valence-corrected chi connectivity index (χ0v) is 16.8. The molecule has 0 radical (unpaired) electrons. The van der Waals surface area contributed by atoms with Gasteiger partial charge in [0.05, 0.1) is 6.04 Å². The lowest BCUT2D eigenvalue weighted by molar-refractivity contribution is -0.145. The lowest BCUT2D eigenvalue weighted by Gasteiger charge is -2.14. The van der Waals surface area contributed by atoms with E-state index in [2.05, 4.69) is 25.6 Å². The lowest BCUT2D eigenvalue weighted by atomic mass is 10.1. The first-order chi connectivity index (χ1) is 14.1. The van der Waals surface area contributed by atoms with E-state index in [1.165, 1.54) is 6.07 Å². The Kier molecular flexibility index (Phi) is 7.82. The Balaban J connectivity index is 0.00000341. The summed E-state index contributed by atoms with van der Waals surface area (Å²) in [7, 11) is 0. The molecular weight excluding hydrogens is 452 g/mol. The summed E-state index contributed by atoms with van der Waals surface area (Å²) < 4.78 is 77.9. The first-order valence-electron chi connectivity index (χ1n) is 8.90. The van der Waals surface area contributed by atoms with Crippen LogP contribution in [-0.4, -0.2) is 39.1 Å². The third kappa shape index (κ3) is 5.82. The zero-order valence-electron chi connectivity index (χ0n) is 16.0. The molecule has 1 fully saturated rings. The average molecular weight is 470 g/mol. The fourth-order valence-corrected chi connectivity index (χ4v) is 3.05. The Hall–Kier alpha value is -2.47. The Morgan fingerprint density at radius 2 is 1.81 bits per heavy atom. The second-order valence-electron chi connectivity index (χ2n) is 6.84. The summed E-state index contributed by atoms with van der Waals surface area (Å²) in [6.07, 6.45) is -6.00. The molecule has 13 heteroatoms. The molecule has 0 unspecified atom stereocenters. The van der Waals surface area contributed by atoms with Crippen molar-refractivity contribution in [2.75, 3.05) is 0 Å². The van der Waals surface area contributed by atoms with E-state index in [4.69, 9.17) is 0 Å². The molecule has 0 spiro atoms. The van der Waals surface area contributed by atoms with Crippen LogP contribution < -0.4 is 10.6 Å². The highest BCUT2D eigenvalue weighted by Crippen LogP contribution is 2.29. The Morgan fingerprint density at radius 1 is 1.19 bits per heavy atom. The van der Waals surface area contributed by atoms with E-state index in [0.29, 0.717) is 0 Å². The van der Waals surface area contributed by atoms with Gasteiger partial charge in [0.2, 0.25) is 11.7 Å². The van der Waals surface area contributed by atoms with Crippen LogP contribution in [0.4, 0.5) is 26.3 Å². The van der Waals surface area contributed by atoms with E-state index in [1.807, 2.05) is 0 Å². The summed E-state index contributed by atoms with van der Waals surface area (Å²) in [4.78, 5) is 22.3. The monoisotopic (exact) mass is 469 g/mol. The van der Waals surface area contributed by atoms with Gasteiger partial charge in [-0.1, -0.05) is 0 Å². The number of rotatable bonds is 5. The minimum atomic E-state index is -4.71. The molecule has 170 valence electrons. The van der Waals surface area contributed by atoms with Crippen LogP contribution in [0.1, 0.15) is 36.9 Å².